The molecular formula is C12H19N3O2S3. The molecule has 1 amide bonds. The van der Waals surface area contributed by atoms with Gasteiger partial charge in [0, 0.05) is 13.2 Å². The number of thioether (sulfide) groups is 2. The zero-order valence-corrected chi connectivity index (χ0v) is 14.1. The second kappa shape index (κ2) is 8.21. The van der Waals surface area contributed by atoms with E-state index in [9.17, 15) is 4.79 Å². The van der Waals surface area contributed by atoms with Crippen LogP contribution < -0.4 is 5.32 Å². The summed E-state index contributed by atoms with van der Waals surface area (Å²) in [6.45, 7) is 5.40. The third kappa shape index (κ3) is 4.91. The van der Waals surface area contributed by atoms with E-state index in [0.29, 0.717) is 6.54 Å². The predicted molar refractivity (Wildman–Crippen MR) is 83.6 cm³/mol. The van der Waals surface area contributed by atoms with Gasteiger partial charge in [0.05, 0.1) is 11.4 Å². The quantitative estimate of drug-likeness (QED) is 0.773. The zero-order chi connectivity index (χ0) is 14.4. The van der Waals surface area contributed by atoms with E-state index < -0.39 is 0 Å². The molecule has 1 aromatic heterocycles. The smallest absolute Gasteiger partial charge is 0.233 e. The Morgan fingerprint density at radius 2 is 2.35 bits per heavy atom. The molecule has 8 heteroatoms. The van der Waals surface area contributed by atoms with Crippen LogP contribution in [0.4, 0.5) is 0 Å². The molecule has 0 unspecified atom stereocenters. The first-order valence-corrected chi connectivity index (χ1v) is 9.39. The average Bonchev–Trinajstić information content (AvgIpc) is 3.08. The van der Waals surface area contributed by atoms with Crippen LogP contribution in [0.15, 0.2) is 8.68 Å². The Balaban J connectivity index is 1.74. The minimum absolute atomic E-state index is 0.0328. The predicted octanol–water partition coefficient (Wildman–Crippen LogP) is 2.43. The summed E-state index contributed by atoms with van der Waals surface area (Å²) < 4.78 is 7.30. The second-order valence-electron chi connectivity index (χ2n) is 4.41. The maximum Gasteiger partial charge on any atom is 0.233 e. The van der Waals surface area contributed by atoms with Crippen molar-refractivity contribution in [1.29, 1.82) is 0 Å². The van der Waals surface area contributed by atoms with Gasteiger partial charge in [-0.3, -0.25) is 4.79 Å². The molecule has 1 N–H and O–H groups in total. The molecule has 0 aromatic carbocycles. The summed E-state index contributed by atoms with van der Waals surface area (Å²) in [5, 5.41) is 11.0. The standard InChI is InChI=1S/C12H19N3O2S3/c1-3-18-11-14-15-12(20-11)19-8(2)10(16)13-7-9-5-4-6-17-9/h8-9H,3-7H2,1-2H3,(H,13,16)/t8-,9-/m0/s1. The van der Waals surface area contributed by atoms with Crippen LogP contribution in [0.25, 0.3) is 0 Å². The van der Waals surface area contributed by atoms with Gasteiger partial charge in [0.15, 0.2) is 8.68 Å². The average molecular weight is 334 g/mol. The summed E-state index contributed by atoms with van der Waals surface area (Å²) in [5.41, 5.74) is 0. The maximum atomic E-state index is 12.0. The number of hydrogen-bond acceptors (Lipinski definition) is 7. The van der Waals surface area contributed by atoms with Crippen molar-refractivity contribution in [3.63, 3.8) is 0 Å². The van der Waals surface area contributed by atoms with E-state index in [4.69, 9.17) is 4.74 Å². The molecule has 2 atom stereocenters. The van der Waals surface area contributed by atoms with E-state index in [2.05, 4.69) is 22.4 Å². The molecule has 0 spiro atoms. The molecule has 1 saturated heterocycles. The Morgan fingerprint density at radius 3 is 3.05 bits per heavy atom. The molecule has 2 rings (SSSR count). The third-order valence-electron chi connectivity index (χ3n) is 2.83. The molecular weight excluding hydrogens is 314 g/mol. The van der Waals surface area contributed by atoms with E-state index in [1.54, 1.807) is 23.1 Å². The highest BCUT2D eigenvalue weighted by Gasteiger charge is 2.20. The number of nitrogens with zero attached hydrogens (tertiary/aromatic N) is 2. The van der Waals surface area contributed by atoms with E-state index in [-0.39, 0.29) is 17.3 Å². The molecule has 1 aliphatic rings. The number of hydrogen-bond donors (Lipinski definition) is 1. The number of carbonyl (C=O) groups is 1. The van der Waals surface area contributed by atoms with Crippen molar-refractivity contribution < 1.29 is 9.53 Å². The Bertz CT molecular complexity index is 435. The van der Waals surface area contributed by atoms with Gasteiger partial charge < -0.3 is 10.1 Å². The largest absolute Gasteiger partial charge is 0.376 e. The minimum Gasteiger partial charge on any atom is -0.376 e. The Kier molecular flexibility index (Phi) is 6.60. The SMILES string of the molecule is CCSc1nnc(S[C@@H](C)C(=O)NC[C@@H]2CCCO2)s1. The van der Waals surface area contributed by atoms with Crippen LogP contribution in [0.5, 0.6) is 0 Å². The van der Waals surface area contributed by atoms with Gasteiger partial charge in [-0.05, 0) is 25.5 Å². The summed E-state index contributed by atoms with van der Waals surface area (Å²) in [6.07, 6.45) is 2.31. The number of carbonyl (C=O) groups excluding carboxylic acids is 1. The zero-order valence-electron chi connectivity index (χ0n) is 11.6. The molecule has 112 valence electrons. The van der Waals surface area contributed by atoms with Crippen LogP contribution in [0.2, 0.25) is 0 Å². The molecule has 1 fully saturated rings. The number of nitrogens with one attached hydrogen (secondary N) is 1. The van der Waals surface area contributed by atoms with Crippen LogP contribution in [-0.4, -0.2) is 46.4 Å². The minimum atomic E-state index is -0.163. The molecule has 5 nitrogen and oxygen atoms in total. The normalized spacial score (nSPS) is 20.0. The fraction of sp³-hybridized carbons (Fsp3) is 0.750. The first-order valence-electron chi connectivity index (χ1n) is 6.71. The number of ether oxygens (including phenoxy) is 1. The van der Waals surface area contributed by atoms with Crippen molar-refractivity contribution in [2.45, 2.75) is 46.7 Å². The molecule has 20 heavy (non-hydrogen) atoms. The van der Waals surface area contributed by atoms with Crippen molar-refractivity contribution >= 4 is 40.8 Å². The van der Waals surface area contributed by atoms with Gasteiger partial charge in [0.1, 0.15) is 0 Å². The summed E-state index contributed by atoms with van der Waals surface area (Å²) in [6, 6.07) is 0. The number of aromatic nitrogens is 2. The Hall–Kier alpha value is -0.310. The molecule has 0 bridgehead atoms. The van der Waals surface area contributed by atoms with E-state index >= 15 is 0 Å². The van der Waals surface area contributed by atoms with Crippen LogP contribution in [-0.2, 0) is 9.53 Å². The van der Waals surface area contributed by atoms with Gasteiger partial charge in [-0.1, -0.05) is 41.8 Å². The highest BCUT2D eigenvalue weighted by molar-refractivity contribution is 8.03. The third-order valence-corrected chi connectivity index (χ3v) is 5.95. The number of amides is 1. The summed E-state index contributed by atoms with van der Waals surface area (Å²) in [4.78, 5) is 12.0. The lowest BCUT2D eigenvalue weighted by Gasteiger charge is -2.13. The van der Waals surface area contributed by atoms with Gasteiger partial charge in [-0.25, -0.2) is 0 Å². The highest BCUT2D eigenvalue weighted by Crippen LogP contribution is 2.31. The van der Waals surface area contributed by atoms with E-state index in [1.165, 1.54) is 11.8 Å². The first kappa shape index (κ1) is 16.1. The van der Waals surface area contributed by atoms with Crippen molar-refractivity contribution in [3.8, 4) is 0 Å². The van der Waals surface area contributed by atoms with Crippen LogP contribution in [0.3, 0.4) is 0 Å². The fourth-order valence-corrected chi connectivity index (χ4v) is 4.88. The van der Waals surface area contributed by atoms with Crippen molar-refractivity contribution in [1.82, 2.24) is 15.5 Å². The van der Waals surface area contributed by atoms with Gasteiger partial charge in [0.25, 0.3) is 0 Å². The highest BCUT2D eigenvalue weighted by atomic mass is 32.2. The molecule has 2 heterocycles. The molecule has 1 aromatic rings. The van der Waals surface area contributed by atoms with E-state index in [0.717, 1.165) is 33.9 Å². The first-order chi connectivity index (χ1) is 9.69. The molecule has 0 saturated carbocycles. The summed E-state index contributed by atoms with van der Waals surface area (Å²) in [7, 11) is 0. The molecule has 0 aliphatic carbocycles. The van der Waals surface area contributed by atoms with Crippen LogP contribution in [0.1, 0.15) is 26.7 Å². The second-order valence-corrected chi connectivity index (χ2v) is 8.48. The Labute approximate surface area is 131 Å². The van der Waals surface area contributed by atoms with Crippen molar-refractivity contribution in [3.05, 3.63) is 0 Å². The van der Waals surface area contributed by atoms with Crippen LogP contribution in [0, 0.1) is 0 Å². The fourth-order valence-electron chi connectivity index (χ4n) is 1.79. The summed E-state index contributed by atoms with van der Waals surface area (Å²) >= 11 is 4.68. The Morgan fingerprint density at radius 1 is 1.55 bits per heavy atom. The molecule has 1 aliphatic heterocycles. The monoisotopic (exact) mass is 333 g/mol. The van der Waals surface area contributed by atoms with Gasteiger partial charge >= 0.3 is 0 Å². The van der Waals surface area contributed by atoms with Crippen molar-refractivity contribution in [2.75, 3.05) is 18.9 Å². The maximum absolute atomic E-state index is 12.0. The lowest BCUT2D eigenvalue weighted by molar-refractivity contribution is -0.120. The van der Waals surface area contributed by atoms with Crippen molar-refractivity contribution in [2.24, 2.45) is 0 Å². The van der Waals surface area contributed by atoms with E-state index in [1.807, 2.05) is 6.92 Å². The lowest BCUT2D eigenvalue weighted by Crippen LogP contribution is -2.36. The van der Waals surface area contributed by atoms with Gasteiger partial charge in [-0.2, -0.15) is 0 Å². The number of rotatable bonds is 7. The molecule has 0 radical (unpaired) electrons. The van der Waals surface area contributed by atoms with Gasteiger partial charge in [0.2, 0.25) is 5.91 Å². The van der Waals surface area contributed by atoms with Gasteiger partial charge in [-0.15, -0.1) is 10.2 Å². The topological polar surface area (TPSA) is 64.1 Å². The lowest BCUT2D eigenvalue weighted by atomic mass is 10.2. The summed E-state index contributed by atoms with van der Waals surface area (Å²) in [5.74, 6) is 1.02. The van der Waals surface area contributed by atoms with Crippen LogP contribution >= 0.6 is 34.9 Å².